The largest absolute Gasteiger partial charge is 0.369 e. The molecule has 2 aliphatic rings. The maximum Gasteiger partial charge on any atom is 0.229 e. The van der Waals surface area contributed by atoms with Crippen molar-refractivity contribution >= 4 is 23.4 Å². The molecule has 4 rings (SSSR count). The second-order valence-corrected chi connectivity index (χ2v) is 9.28. The summed E-state index contributed by atoms with van der Waals surface area (Å²) in [6.07, 6.45) is 1.99. The Morgan fingerprint density at radius 3 is 2.55 bits per heavy atom. The van der Waals surface area contributed by atoms with Gasteiger partial charge in [-0.2, -0.15) is 0 Å². The second kappa shape index (κ2) is 10.2. The van der Waals surface area contributed by atoms with E-state index in [-0.39, 0.29) is 36.0 Å². The van der Waals surface area contributed by atoms with E-state index in [4.69, 9.17) is 5.73 Å². The molecule has 3 N–H and O–H groups in total. The van der Waals surface area contributed by atoms with Crippen molar-refractivity contribution in [3.8, 4) is 0 Å². The van der Waals surface area contributed by atoms with Crippen LogP contribution in [0.15, 0.2) is 48.5 Å². The van der Waals surface area contributed by atoms with Gasteiger partial charge in [0.15, 0.2) is 0 Å². The topological polar surface area (TPSA) is 95.7 Å². The molecule has 2 saturated heterocycles. The Hall–Kier alpha value is -3.19. The van der Waals surface area contributed by atoms with Gasteiger partial charge < -0.3 is 16.0 Å². The number of aryl methyl sites for hydroxylation is 1. The minimum atomic E-state index is -0.370. The minimum Gasteiger partial charge on any atom is -0.369 e. The molecule has 7 nitrogen and oxygen atoms in total. The van der Waals surface area contributed by atoms with Crippen molar-refractivity contribution in [3.05, 3.63) is 65.2 Å². The Bertz CT molecular complexity index is 1020. The van der Waals surface area contributed by atoms with Gasteiger partial charge in [0.25, 0.3) is 0 Å². The lowest BCUT2D eigenvalue weighted by Crippen LogP contribution is -2.40. The number of amides is 3. The summed E-state index contributed by atoms with van der Waals surface area (Å²) in [5.74, 6) is -0.859. The van der Waals surface area contributed by atoms with Crippen molar-refractivity contribution in [1.82, 2.24) is 9.80 Å². The first-order valence-corrected chi connectivity index (χ1v) is 11.6. The third-order valence-electron chi connectivity index (χ3n) is 6.66. The van der Waals surface area contributed by atoms with E-state index < -0.39 is 0 Å². The van der Waals surface area contributed by atoms with Crippen LogP contribution >= 0.6 is 0 Å². The Kier molecular flexibility index (Phi) is 7.08. The molecule has 2 aromatic rings. The molecule has 0 aromatic heterocycles. The lowest BCUT2D eigenvalue weighted by atomic mass is 9.97. The van der Waals surface area contributed by atoms with Crippen molar-refractivity contribution in [2.45, 2.75) is 39.3 Å². The van der Waals surface area contributed by atoms with Gasteiger partial charge in [0.1, 0.15) is 0 Å². The van der Waals surface area contributed by atoms with E-state index in [1.807, 2.05) is 55.5 Å². The van der Waals surface area contributed by atoms with Crippen molar-refractivity contribution in [2.24, 2.45) is 17.6 Å². The number of likely N-dealkylation sites (tertiary alicyclic amines) is 2. The van der Waals surface area contributed by atoms with Crippen molar-refractivity contribution in [3.63, 3.8) is 0 Å². The van der Waals surface area contributed by atoms with Crippen LogP contribution in [-0.2, 0) is 27.5 Å². The number of hydrogen-bond donors (Lipinski definition) is 2. The van der Waals surface area contributed by atoms with Crippen LogP contribution < -0.4 is 11.1 Å². The Morgan fingerprint density at radius 1 is 1.03 bits per heavy atom. The number of nitrogens with zero attached hydrogens (tertiary/aromatic N) is 2. The van der Waals surface area contributed by atoms with E-state index in [2.05, 4.69) is 10.2 Å². The average Bonchev–Trinajstić information content (AvgIpc) is 3.17. The molecule has 2 unspecified atom stereocenters. The van der Waals surface area contributed by atoms with Gasteiger partial charge in [0.2, 0.25) is 17.7 Å². The number of nitrogens with two attached hydrogens (primary N) is 1. The maximum atomic E-state index is 13.0. The fourth-order valence-electron chi connectivity index (χ4n) is 4.70. The number of nitrogens with one attached hydrogen (secondary N) is 1. The molecule has 2 fully saturated rings. The summed E-state index contributed by atoms with van der Waals surface area (Å²) in [7, 11) is 0. The summed E-state index contributed by atoms with van der Waals surface area (Å²) >= 11 is 0. The fraction of sp³-hybridized carbons (Fsp3) is 0.423. The van der Waals surface area contributed by atoms with Crippen molar-refractivity contribution in [2.75, 3.05) is 25.0 Å². The molecule has 2 heterocycles. The van der Waals surface area contributed by atoms with Gasteiger partial charge in [-0.05, 0) is 43.5 Å². The lowest BCUT2D eigenvalue weighted by Gasteiger charge is -2.31. The van der Waals surface area contributed by atoms with Gasteiger partial charge in [-0.3, -0.25) is 19.3 Å². The highest BCUT2D eigenvalue weighted by Crippen LogP contribution is 2.25. The molecule has 0 aliphatic carbocycles. The Morgan fingerprint density at radius 2 is 1.79 bits per heavy atom. The number of carbonyl (C=O) groups is 3. The first-order valence-electron chi connectivity index (χ1n) is 11.6. The zero-order valence-corrected chi connectivity index (χ0v) is 19.1. The zero-order valence-electron chi connectivity index (χ0n) is 19.1. The van der Waals surface area contributed by atoms with Crippen LogP contribution in [0, 0.1) is 18.8 Å². The number of hydrogen-bond acceptors (Lipinski definition) is 4. The van der Waals surface area contributed by atoms with Crippen molar-refractivity contribution < 1.29 is 14.4 Å². The summed E-state index contributed by atoms with van der Waals surface area (Å²) in [6.45, 7) is 5.16. The number of benzene rings is 2. The minimum absolute atomic E-state index is 0.00909. The first kappa shape index (κ1) is 23.0. The molecule has 2 aliphatic heterocycles. The molecular weight excluding hydrogens is 416 g/mol. The van der Waals surface area contributed by atoms with E-state index in [0.717, 1.165) is 36.2 Å². The summed E-state index contributed by atoms with van der Waals surface area (Å²) in [5, 5.41) is 3.05. The third kappa shape index (κ3) is 5.79. The zero-order chi connectivity index (χ0) is 23.4. The van der Waals surface area contributed by atoms with Crippen LogP contribution in [0.25, 0.3) is 0 Å². The van der Waals surface area contributed by atoms with Crippen LogP contribution in [0.1, 0.15) is 36.0 Å². The van der Waals surface area contributed by atoms with E-state index in [0.29, 0.717) is 26.2 Å². The van der Waals surface area contributed by atoms with Gasteiger partial charge in [0, 0.05) is 38.3 Å². The first-order chi connectivity index (χ1) is 15.9. The summed E-state index contributed by atoms with van der Waals surface area (Å²) in [4.78, 5) is 41.1. The van der Waals surface area contributed by atoms with E-state index in [9.17, 15) is 14.4 Å². The van der Waals surface area contributed by atoms with Crippen LogP contribution in [0.2, 0.25) is 0 Å². The van der Waals surface area contributed by atoms with E-state index in [1.54, 1.807) is 4.90 Å². The SMILES string of the molecule is Cc1ccc(CN2CC(C(=O)Nc3ccccc3CN3CCCC(C(N)=O)C3)CC2=O)cc1. The quantitative estimate of drug-likeness (QED) is 0.681. The molecule has 174 valence electrons. The van der Waals surface area contributed by atoms with Gasteiger partial charge in [-0.1, -0.05) is 48.0 Å². The van der Waals surface area contributed by atoms with E-state index in [1.165, 1.54) is 5.56 Å². The molecule has 2 aromatic carbocycles. The van der Waals surface area contributed by atoms with Crippen LogP contribution in [0.3, 0.4) is 0 Å². The summed E-state index contributed by atoms with van der Waals surface area (Å²) < 4.78 is 0. The van der Waals surface area contributed by atoms with Crippen LogP contribution in [-0.4, -0.2) is 47.2 Å². The number of rotatable bonds is 7. The summed E-state index contributed by atoms with van der Waals surface area (Å²) in [5.41, 5.74) is 9.51. The number of carbonyl (C=O) groups excluding carboxylic acids is 3. The molecule has 7 heteroatoms. The predicted molar refractivity (Wildman–Crippen MR) is 127 cm³/mol. The molecule has 0 saturated carbocycles. The van der Waals surface area contributed by atoms with Gasteiger partial charge >= 0.3 is 0 Å². The predicted octanol–water partition coefficient (Wildman–Crippen LogP) is 2.68. The van der Waals surface area contributed by atoms with Crippen LogP contribution in [0.4, 0.5) is 5.69 Å². The normalized spacial score (nSPS) is 21.2. The molecule has 0 bridgehead atoms. The molecule has 0 spiro atoms. The number of para-hydroxylation sites is 1. The van der Waals surface area contributed by atoms with Gasteiger partial charge in [-0.15, -0.1) is 0 Å². The van der Waals surface area contributed by atoms with E-state index >= 15 is 0 Å². The average molecular weight is 449 g/mol. The number of piperidine rings is 1. The molecular formula is C26H32N4O3. The Balaban J connectivity index is 1.37. The molecule has 2 atom stereocenters. The van der Waals surface area contributed by atoms with Gasteiger partial charge in [0.05, 0.1) is 11.8 Å². The Labute approximate surface area is 194 Å². The summed E-state index contributed by atoms with van der Waals surface area (Å²) in [6, 6.07) is 15.8. The maximum absolute atomic E-state index is 13.0. The van der Waals surface area contributed by atoms with Crippen molar-refractivity contribution in [1.29, 1.82) is 0 Å². The number of primary amides is 1. The highest BCUT2D eigenvalue weighted by atomic mass is 16.2. The highest BCUT2D eigenvalue weighted by Gasteiger charge is 2.34. The second-order valence-electron chi connectivity index (χ2n) is 9.28. The smallest absolute Gasteiger partial charge is 0.229 e. The fourth-order valence-corrected chi connectivity index (χ4v) is 4.70. The third-order valence-corrected chi connectivity index (χ3v) is 6.66. The van der Waals surface area contributed by atoms with Crippen LogP contribution in [0.5, 0.6) is 0 Å². The molecule has 3 amide bonds. The molecule has 33 heavy (non-hydrogen) atoms. The van der Waals surface area contributed by atoms with Gasteiger partial charge in [-0.25, -0.2) is 0 Å². The monoisotopic (exact) mass is 448 g/mol. The highest BCUT2D eigenvalue weighted by molar-refractivity contribution is 5.97. The number of anilines is 1. The standard InChI is InChI=1S/C26H32N4O3/c1-18-8-10-19(11-9-18)14-30-17-22(13-24(30)31)26(33)28-23-7-3-2-5-20(23)15-29-12-4-6-21(16-29)25(27)32/h2-3,5,7-11,21-22H,4,6,12-17H2,1H3,(H2,27,32)(H,28,33). The molecule has 0 radical (unpaired) electrons. The lowest BCUT2D eigenvalue weighted by molar-refractivity contribution is -0.128.